The number of allylic oxidation sites excluding steroid dienone is 1. The minimum Gasteiger partial charge on any atom is -0.511 e. The Hall–Kier alpha value is -0.880. The minimum absolute atomic E-state index is 0.390. The number of aliphatic hydroxyl groups excluding tert-OH is 1. The first kappa shape index (κ1) is 11.1. The van der Waals surface area contributed by atoms with Gasteiger partial charge in [-0.3, -0.25) is 4.79 Å². The highest BCUT2D eigenvalue weighted by atomic mass is 32.2. The second-order valence-electron chi connectivity index (χ2n) is 2.21. The molecule has 0 aromatic rings. The molecule has 0 unspecified atom stereocenters. The normalized spacial score (nSPS) is 13.0. The summed E-state index contributed by atoms with van der Waals surface area (Å²) in [7, 11) is -2.25. The summed E-state index contributed by atoms with van der Waals surface area (Å²) in [5, 5.41) is 8.91. The second-order valence-corrected chi connectivity index (χ2v) is 4.14. The van der Waals surface area contributed by atoms with Gasteiger partial charge in [0.05, 0.1) is 0 Å². The molecule has 0 fully saturated rings. The maximum atomic E-state index is 10.8. The Labute approximate surface area is 71.1 Å². The zero-order valence-electron chi connectivity index (χ0n) is 6.86. The summed E-state index contributed by atoms with van der Waals surface area (Å²) in [5.74, 6) is -1.42. The van der Waals surface area contributed by atoms with Crippen molar-refractivity contribution >= 4 is 15.8 Å². The first-order valence-corrected chi connectivity index (χ1v) is 4.84. The number of hydrogen-bond donors (Lipinski definition) is 2. The Kier molecular flexibility index (Phi) is 3.91. The van der Waals surface area contributed by atoms with Gasteiger partial charge >= 0.3 is 0 Å². The summed E-state index contributed by atoms with van der Waals surface area (Å²) in [6.07, 6.45) is 0.870. The number of sulfonamides is 1. The van der Waals surface area contributed by atoms with E-state index < -0.39 is 21.5 Å². The number of nitrogens with one attached hydrogen (secondary N) is 1. The summed E-state index contributed by atoms with van der Waals surface area (Å²) < 4.78 is 23.5. The van der Waals surface area contributed by atoms with E-state index in [0.717, 1.165) is 6.08 Å². The number of hydrogen-bond acceptors (Lipinski definition) is 4. The number of aliphatic hydroxyl groups is 1. The summed E-state index contributed by atoms with van der Waals surface area (Å²) >= 11 is 0. The lowest BCUT2D eigenvalue weighted by Crippen LogP contribution is -2.23. The molecule has 0 amide bonds. The van der Waals surface area contributed by atoms with E-state index >= 15 is 0 Å². The van der Waals surface area contributed by atoms with Crippen molar-refractivity contribution in [2.75, 3.05) is 12.8 Å². The lowest BCUT2D eigenvalue weighted by atomic mass is 10.4. The molecular formula is C6H11NO4S. The van der Waals surface area contributed by atoms with Crippen molar-refractivity contribution in [3.8, 4) is 0 Å². The van der Waals surface area contributed by atoms with Gasteiger partial charge in [-0.15, -0.1) is 0 Å². The fraction of sp³-hybridized carbons (Fsp3) is 0.500. The van der Waals surface area contributed by atoms with Crippen LogP contribution in [0.1, 0.15) is 6.92 Å². The van der Waals surface area contributed by atoms with E-state index in [9.17, 15) is 13.2 Å². The smallest absolute Gasteiger partial charge is 0.218 e. The molecular weight excluding hydrogens is 182 g/mol. The highest BCUT2D eigenvalue weighted by molar-refractivity contribution is 7.89. The molecule has 0 bridgehead atoms. The van der Waals surface area contributed by atoms with Gasteiger partial charge in [0.1, 0.15) is 11.5 Å². The van der Waals surface area contributed by atoms with Gasteiger partial charge in [-0.1, -0.05) is 0 Å². The minimum atomic E-state index is -3.48. The van der Waals surface area contributed by atoms with Gasteiger partial charge in [0.25, 0.3) is 0 Å². The van der Waals surface area contributed by atoms with Crippen molar-refractivity contribution in [1.82, 2.24) is 4.72 Å². The van der Waals surface area contributed by atoms with Crippen LogP contribution in [0, 0.1) is 0 Å². The quantitative estimate of drug-likeness (QED) is 0.468. The van der Waals surface area contributed by atoms with Crippen LogP contribution in [0.3, 0.4) is 0 Å². The Bertz CT molecular complexity index is 291. The molecule has 70 valence electrons. The molecule has 0 aromatic carbocycles. The molecule has 0 saturated carbocycles. The van der Waals surface area contributed by atoms with Crippen LogP contribution < -0.4 is 4.72 Å². The van der Waals surface area contributed by atoms with Crippen molar-refractivity contribution < 1.29 is 18.3 Å². The third kappa shape index (κ3) is 4.86. The summed E-state index contributed by atoms with van der Waals surface area (Å²) in [6, 6.07) is 0. The van der Waals surface area contributed by atoms with Crippen LogP contribution in [0.2, 0.25) is 0 Å². The molecule has 0 aliphatic heterocycles. The Morgan fingerprint density at radius 2 is 2.08 bits per heavy atom. The van der Waals surface area contributed by atoms with Crippen LogP contribution in [0.4, 0.5) is 0 Å². The fourth-order valence-corrected chi connectivity index (χ4v) is 1.16. The van der Waals surface area contributed by atoms with Crippen molar-refractivity contribution in [2.24, 2.45) is 0 Å². The van der Waals surface area contributed by atoms with Crippen LogP contribution in [-0.4, -0.2) is 32.1 Å². The SMILES string of the molecule is CNS(=O)(=O)C/C(O)=C/C(C)=O. The largest absolute Gasteiger partial charge is 0.511 e. The zero-order valence-corrected chi connectivity index (χ0v) is 7.68. The van der Waals surface area contributed by atoms with Gasteiger partial charge in [0.15, 0.2) is 5.78 Å². The van der Waals surface area contributed by atoms with Crippen LogP contribution in [-0.2, 0) is 14.8 Å². The van der Waals surface area contributed by atoms with Gasteiger partial charge in [0, 0.05) is 6.08 Å². The highest BCUT2D eigenvalue weighted by Gasteiger charge is 2.09. The molecule has 0 spiro atoms. The van der Waals surface area contributed by atoms with Crippen molar-refractivity contribution in [3.05, 3.63) is 11.8 Å². The molecule has 0 atom stereocenters. The third-order valence-corrected chi connectivity index (χ3v) is 2.32. The third-order valence-electron chi connectivity index (χ3n) is 1.02. The molecule has 2 N–H and O–H groups in total. The van der Waals surface area contributed by atoms with Crippen molar-refractivity contribution in [1.29, 1.82) is 0 Å². The van der Waals surface area contributed by atoms with Crippen LogP contribution in [0.5, 0.6) is 0 Å². The van der Waals surface area contributed by atoms with E-state index in [0.29, 0.717) is 0 Å². The average molecular weight is 193 g/mol. The molecule has 0 radical (unpaired) electrons. The van der Waals surface area contributed by atoms with Gasteiger partial charge in [-0.25, -0.2) is 13.1 Å². The molecule has 12 heavy (non-hydrogen) atoms. The van der Waals surface area contributed by atoms with E-state index in [4.69, 9.17) is 5.11 Å². The standard InChI is InChI=1S/C6H11NO4S/c1-5(8)3-6(9)4-12(10,11)7-2/h3,7,9H,4H2,1-2H3/b6-3-. The Morgan fingerprint density at radius 1 is 1.58 bits per heavy atom. The predicted octanol–water partition coefficient (Wildman–Crippen LogP) is -0.434. The predicted molar refractivity (Wildman–Crippen MR) is 44.2 cm³/mol. The second kappa shape index (κ2) is 4.22. The molecule has 6 heteroatoms. The molecule has 0 aliphatic carbocycles. The maximum Gasteiger partial charge on any atom is 0.218 e. The fourth-order valence-electron chi connectivity index (χ4n) is 0.543. The van der Waals surface area contributed by atoms with E-state index in [1.807, 2.05) is 4.72 Å². The van der Waals surface area contributed by atoms with Gasteiger partial charge in [-0.2, -0.15) is 0 Å². The molecule has 0 saturated heterocycles. The zero-order chi connectivity index (χ0) is 9.78. The highest BCUT2D eigenvalue weighted by Crippen LogP contribution is 1.94. The number of carbonyl (C=O) groups excluding carboxylic acids is 1. The van der Waals surface area contributed by atoms with Crippen molar-refractivity contribution in [2.45, 2.75) is 6.92 Å². The molecule has 5 nitrogen and oxygen atoms in total. The molecule has 0 aromatic heterocycles. The van der Waals surface area contributed by atoms with Crippen LogP contribution >= 0.6 is 0 Å². The van der Waals surface area contributed by atoms with Gasteiger partial charge in [0.2, 0.25) is 10.0 Å². The van der Waals surface area contributed by atoms with Gasteiger partial charge < -0.3 is 5.11 Å². The Morgan fingerprint density at radius 3 is 2.42 bits per heavy atom. The molecule has 0 heterocycles. The van der Waals surface area contributed by atoms with Crippen LogP contribution in [0.25, 0.3) is 0 Å². The van der Waals surface area contributed by atoms with Gasteiger partial charge in [-0.05, 0) is 14.0 Å². The topological polar surface area (TPSA) is 83.5 Å². The van der Waals surface area contributed by atoms with E-state index in [2.05, 4.69) is 0 Å². The van der Waals surface area contributed by atoms with E-state index in [-0.39, 0.29) is 5.78 Å². The van der Waals surface area contributed by atoms with E-state index in [1.165, 1.54) is 14.0 Å². The number of carbonyl (C=O) groups is 1. The summed E-state index contributed by atoms with van der Waals surface area (Å²) in [4.78, 5) is 10.4. The van der Waals surface area contributed by atoms with E-state index in [1.54, 1.807) is 0 Å². The molecule has 0 rings (SSSR count). The Balaban J connectivity index is 4.39. The lowest BCUT2D eigenvalue weighted by molar-refractivity contribution is -0.112. The monoisotopic (exact) mass is 193 g/mol. The van der Waals surface area contributed by atoms with Crippen molar-refractivity contribution in [3.63, 3.8) is 0 Å². The summed E-state index contributed by atoms with van der Waals surface area (Å²) in [6.45, 7) is 1.22. The first-order valence-electron chi connectivity index (χ1n) is 3.18. The number of rotatable bonds is 4. The molecule has 0 aliphatic rings. The first-order chi connectivity index (χ1) is 5.37. The number of ketones is 1. The maximum absolute atomic E-state index is 10.8. The lowest BCUT2D eigenvalue weighted by Gasteiger charge is -1.99. The summed E-state index contributed by atoms with van der Waals surface area (Å²) in [5.41, 5.74) is 0. The average Bonchev–Trinajstić information content (AvgIpc) is 1.84. The van der Waals surface area contributed by atoms with Crippen LogP contribution in [0.15, 0.2) is 11.8 Å².